The second-order valence-corrected chi connectivity index (χ2v) is 8.83. The number of hydrogen-bond donors (Lipinski definition) is 3. The highest BCUT2D eigenvalue weighted by Gasteiger charge is 2.13. The van der Waals surface area contributed by atoms with Gasteiger partial charge in [0.05, 0.1) is 17.2 Å². The van der Waals surface area contributed by atoms with Crippen LogP contribution < -0.4 is 20.5 Å². The highest BCUT2D eigenvalue weighted by molar-refractivity contribution is 6.34. The molecule has 0 radical (unpaired) electrons. The quantitative estimate of drug-likeness (QED) is 0.199. The van der Waals surface area contributed by atoms with Gasteiger partial charge in [-0.2, -0.15) is 0 Å². The first kappa shape index (κ1) is 29.9. The van der Waals surface area contributed by atoms with Crippen molar-refractivity contribution in [1.29, 1.82) is 0 Å². The van der Waals surface area contributed by atoms with E-state index in [2.05, 4.69) is 10.3 Å². The largest absolute Gasteiger partial charge is 0.489 e. The molecule has 10 heteroatoms. The molecule has 0 aliphatic heterocycles. The number of halogens is 3. The summed E-state index contributed by atoms with van der Waals surface area (Å²) in [4.78, 5) is 15.5. The van der Waals surface area contributed by atoms with Crippen LogP contribution in [0.4, 0.5) is 4.39 Å². The molecule has 1 amide bonds. The van der Waals surface area contributed by atoms with Crippen LogP contribution in [0.3, 0.4) is 0 Å². The molecule has 0 aliphatic rings. The summed E-state index contributed by atoms with van der Waals surface area (Å²) in [6.45, 7) is 1.22. The van der Waals surface area contributed by atoms with E-state index in [0.29, 0.717) is 57.4 Å². The highest BCUT2D eigenvalue weighted by atomic mass is 35.5. The van der Waals surface area contributed by atoms with E-state index in [1.54, 1.807) is 42.6 Å². The number of aliphatic hydroxyl groups is 1. The van der Waals surface area contributed by atoms with Crippen molar-refractivity contribution in [1.82, 2.24) is 10.3 Å². The maximum absolute atomic E-state index is 14.3. The molecule has 39 heavy (non-hydrogen) atoms. The number of carbonyl (C=O) groups excluding carboxylic acids is 1. The normalized spacial score (nSPS) is 10.5. The fourth-order valence-electron chi connectivity index (χ4n) is 3.81. The lowest BCUT2D eigenvalue weighted by atomic mass is 10.0. The van der Waals surface area contributed by atoms with E-state index in [1.807, 2.05) is 24.3 Å². The summed E-state index contributed by atoms with van der Waals surface area (Å²) >= 11 is 6.62. The van der Waals surface area contributed by atoms with Crippen molar-refractivity contribution >= 4 is 29.9 Å². The lowest BCUT2D eigenvalue weighted by molar-refractivity contribution is 0.0999. The van der Waals surface area contributed by atoms with Gasteiger partial charge in [0.1, 0.15) is 30.5 Å². The number of hydrogen-bond acceptors (Lipinski definition) is 6. The summed E-state index contributed by atoms with van der Waals surface area (Å²) < 4.78 is 26.4. The van der Waals surface area contributed by atoms with Crippen LogP contribution in [-0.4, -0.2) is 29.1 Å². The molecule has 4 N–H and O–H groups in total. The summed E-state index contributed by atoms with van der Waals surface area (Å²) in [6, 6.07) is 18.9. The number of amides is 1. The Morgan fingerprint density at radius 2 is 1.77 bits per heavy atom. The molecule has 204 valence electrons. The van der Waals surface area contributed by atoms with Crippen LogP contribution in [0.5, 0.6) is 11.5 Å². The molecule has 1 heterocycles. The number of aromatic nitrogens is 1. The predicted octanol–water partition coefficient (Wildman–Crippen LogP) is 5.30. The number of primary amides is 1. The number of pyridine rings is 1. The van der Waals surface area contributed by atoms with E-state index in [1.165, 1.54) is 12.3 Å². The van der Waals surface area contributed by atoms with Gasteiger partial charge in [-0.3, -0.25) is 9.78 Å². The van der Waals surface area contributed by atoms with Crippen LogP contribution >= 0.6 is 24.0 Å². The number of aliphatic hydroxyl groups excluding tert-OH is 1. The van der Waals surface area contributed by atoms with Gasteiger partial charge >= 0.3 is 0 Å². The van der Waals surface area contributed by atoms with Crippen LogP contribution in [0, 0.1) is 5.82 Å². The maximum atomic E-state index is 14.3. The lowest BCUT2D eigenvalue weighted by Crippen LogP contribution is -2.18. The average molecular weight is 572 g/mol. The smallest absolute Gasteiger partial charge is 0.250 e. The van der Waals surface area contributed by atoms with Crippen LogP contribution in [0.1, 0.15) is 27.0 Å². The monoisotopic (exact) mass is 571 g/mol. The van der Waals surface area contributed by atoms with E-state index in [9.17, 15) is 9.18 Å². The van der Waals surface area contributed by atoms with E-state index in [4.69, 9.17) is 31.9 Å². The third-order valence-corrected chi connectivity index (χ3v) is 6.20. The predicted molar refractivity (Wildman–Crippen MR) is 151 cm³/mol. The van der Waals surface area contributed by atoms with Crippen molar-refractivity contribution in [2.45, 2.75) is 19.8 Å². The number of carbonyl (C=O) groups is 1. The molecule has 0 aliphatic carbocycles. The number of nitrogens with one attached hydrogen (secondary N) is 1. The fourth-order valence-corrected chi connectivity index (χ4v) is 4.09. The first-order valence-corrected chi connectivity index (χ1v) is 12.3. The van der Waals surface area contributed by atoms with E-state index in [-0.39, 0.29) is 38.0 Å². The van der Waals surface area contributed by atoms with Gasteiger partial charge in [-0.1, -0.05) is 54.1 Å². The molecule has 0 saturated heterocycles. The van der Waals surface area contributed by atoms with Gasteiger partial charge in [-0.25, -0.2) is 4.39 Å². The fraction of sp³-hybridized carbons (Fsp3) is 0.172. The maximum Gasteiger partial charge on any atom is 0.250 e. The van der Waals surface area contributed by atoms with Crippen molar-refractivity contribution in [3.05, 3.63) is 112 Å². The minimum atomic E-state index is -0.568. The molecule has 0 atom stereocenters. The van der Waals surface area contributed by atoms with E-state index < -0.39 is 5.91 Å². The van der Waals surface area contributed by atoms with Crippen molar-refractivity contribution in [2.75, 3.05) is 13.2 Å². The van der Waals surface area contributed by atoms with Gasteiger partial charge in [0.2, 0.25) is 5.91 Å². The third kappa shape index (κ3) is 7.91. The van der Waals surface area contributed by atoms with Crippen LogP contribution in [0.25, 0.3) is 11.1 Å². The summed E-state index contributed by atoms with van der Waals surface area (Å²) in [5.41, 5.74) is 8.89. The lowest BCUT2D eigenvalue weighted by Gasteiger charge is -2.16. The van der Waals surface area contributed by atoms with Gasteiger partial charge in [0.15, 0.2) is 0 Å². The summed E-state index contributed by atoms with van der Waals surface area (Å²) in [5, 5.41) is 12.6. The van der Waals surface area contributed by atoms with E-state index >= 15 is 0 Å². The Morgan fingerprint density at radius 1 is 0.974 bits per heavy atom. The van der Waals surface area contributed by atoms with Gasteiger partial charge in [-0.15, -0.1) is 12.4 Å². The minimum Gasteiger partial charge on any atom is -0.489 e. The summed E-state index contributed by atoms with van der Waals surface area (Å²) in [5.74, 6) is 0.184. The Labute approximate surface area is 237 Å². The molecular weight excluding hydrogens is 544 g/mol. The van der Waals surface area contributed by atoms with Crippen LogP contribution in [0.2, 0.25) is 5.02 Å². The molecule has 4 rings (SSSR count). The first-order chi connectivity index (χ1) is 18.5. The van der Waals surface area contributed by atoms with Gasteiger partial charge in [0.25, 0.3) is 0 Å². The van der Waals surface area contributed by atoms with Crippen LogP contribution in [-0.2, 0) is 19.8 Å². The Kier molecular flexibility index (Phi) is 11.1. The molecular formula is C29H28Cl2FN3O4. The van der Waals surface area contributed by atoms with Gasteiger partial charge in [-0.05, 0) is 18.2 Å². The van der Waals surface area contributed by atoms with E-state index in [0.717, 1.165) is 5.56 Å². The molecule has 3 aromatic carbocycles. The van der Waals surface area contributed by atoms with Gasteiger partial charge in [0, 0.05) is 59.4 Å². The molecule has 7 nitrogen and oxygen atoms in total. The number of rotatable bonds is 12. The van der Waals surface area contributed by atoms with Crippen molar-refractivity contribution in [3.8, 4) is 22.6 Å². The van der Waals surface area contributed by atoms with Crippen molar-refractivity contribution in [3.63, 3.8) is 0 Å². The molecule has 0 spiro atoms. The number of ether oxygens (including phenoxy) is 2. The number of benzene rings is 3. The molecule has 0 unspecified atom stereocenters. The molecule has 0 saturated carbocycles. The average Bonchev–Trinajstić information content (AvgIpc) is 2.93. The zero-order chi connectivity index (χ0) is 26.9. The SMILES string of the molecule is Cl.NC(=O)c1cncc(COc2cc(OCc3cccc(-c4ccccc4F)c3Cl)ccc2CNCCO)c1. The zero-order valence-electron chi connectivity index (χ0n) is 20.9. The minimum absolute atomic E-state index is 0. The van der Waals surface area contributed by atoms with Crippen molar-refractivity contribution in [2.24, 2.45) is 5.73 Å². The second kappa shape index (κ2) is 14.5. The van der Waals surface area contributed by atoms with Crippen LogP contribution in [0.15, 0.2) is 79.1 Å². The number of nitrogens with zero attached hydrogens (tertiary/aromatic N) is 1. The van der Waals surface area contributed by atoms with Crippen molar-refractivity contribution < 1.29 is 23.8 Å². The Bertz CT molecular complexity index is 1420. The molecule has 0 bridgehead atoms. The first-order valence-electron chi connectivity index (χ1n) is 11.9. The zero-order valence-corrected chi connectivity index (χ0v) is 22.5. The Balaban J connectivity index is 0.00000420. The Hall–Kier alpha value is -3.69. The summed E-state index contributed by atoms with van der Waals surface area (Å²) in [7, 11) is 0. The standard InChI is InChI=1S/C29H27ClFN3O4.ClH/c30-28-21(4-3-6-25(28)24-5-1-2-7-26(24)31)18-37-23-9-8-20(15-33-10-11-35)27(13-23)38-17-19-12-22(29(32)36)16-34-14-19;/h1-9,12-14,16,33,35H,10-11,15,17-18H2,(H2,32,36);1H. The highest BCUT2D eigenvalue weighted by Crippen LogP contribution is 2.33. The topological polar surface area (TPSA) is 107 Å². The number of nitrogens with two attached hydrogens (primary N) is 1. The molecule has 1 aromatic heterocycles. The second-order valence-electron chi connectivity index (χ2n) is 8.45. The van der Waals surface area contributed by atoms with Gasteiger partial charge < -0.3 is 25.6 Å². The summed E-state index contributed by atoms with van der Waals surface area (Å²) in [6.07, 6.45) is 3.00. The molecule has 0 fully saturated rings. The third-order valence-electron chi connectivity index (χ3n) is 5.75. The Morgan fingerprint density at radius 3 is 2.54 bits per heavy atom. The molecule has 4 aromatic rings.